The number of thiazole rings is 1. The quantitative estimate of drug-likeness (QED) is 0.570. The Morgan fingerprint density at radius 1 is 1.30 bits per heavy atom. The summed E-state index contributed by atoms with van der Waals surface area (Å²) in [6, 6.07) is 7.55. The van der Waals surface area contributed by atoms with Gasteiger partial charge in [0.2, 0.25) is 5.60 Å². The minimum absolute atomic E-state index is 0.0571. The predicted molar refractivity (Wildman–Crippen MR) is 104 cm³/mol. The van der Waals surface area contributed by atoms with Gasteiger partial charge < -0.3 is 21.3 Å². The highest BCUT2D eigenvalue weighted by atomic mass is 32.1. The Labute approximate surface area is 160 Å². The first-order valence-electron chi connectivity index (χ1n) is 8.32. The van der Waals surface area contributed by atoms with Crippen molar-refractivity contribution in [1.29, 1.82) is 0 Å². The third-order valence-corrected chi connectivity index (χ3v) is 4.87. The van der Waals surface area contributed by atoms with E-state index in [1.807, 2.05) is 31.2 Å². The summed E-state index contributed by atoms with van der Waals surface area (Å²) in [7, 11) is 0. The second kappa shape index (κ2) is 7.01. The van der Waals surface area contributed by atoms with Crippen LogP contribution in [-0.4, -0.2) is 32.4 Å². The van der Waals surface area contributed by atoms with Gasteiger partial charge in [0, 0.05) is 5.38 Å². The van der Waals surface area contributed by atoms with Crippen LogP contribution < -0.4 is 11.5 Å². The van der Waals surface area contributed by atoms with Crippen LogP contribution in [0.5, 0.6) is 0 Å². The van der Waals surface area contributed by atoms with E-state index in [0.29, 0.717) is 11.4 Å². The summed E-state index contributed by atoms with van der Waals surface area (Å²) in [6.45, 7) is 5.38. The number of aryl methyl sites for hydroxylation is 2. The zero-order valence-corrected chi connectivity index (χ0v) is 16.1. The number of rotatable bonds is 5. The number of benzene rings is 1. The van der Waals surface area contributed by atoms with Gasteiger partial charge in [-0.25, -0.2) is 14.5 Å². The molecule has 0 aliphatic rings. The van der Waals surface area contributed by atoms with Crippen molar-refractivity contribution >= 4 is 28.3 Å². The van der Waals surface area contributed by atoms with Crippen LogP contribution in [-0.2, 0) is 15.1 Å². The van der Waals surface area contributed by atoms with Crippen LogP contribution in [0, 0.1) is 13.8 Å². The van der Waals surface area contributed by atoms with Gasteiger partial charge >= 0.3 is 5.97 Å². The van der Waals surface area contributed by atoms with Gasteiger partial charge in [-0.1, -0.05) is 17.7 Å². The molecule has 9 heteroatoms. The van der Waals surface area contributed by atoms with Gasteiger partial charge in [0.25, 0.3) is 0 Å². The maximum Gasteiger partial charge on any atom is 0.349 e. The number of nitrogen functional groups attached to an aromatic ring is 2. The molecule has 5 N–H and O–H groups in total. The van der Waals surface area contributed by atoms with E-state index in [0.717, 1.165) is 16.9 Å². The number of hydrogen-bond acceptors (Lipinski definition) is 8. The molecule has 3 aromatic rings. The van der Waals surface area contributed by atoms with Gasteiger partial charge in [-0.2, -0.15) is 5.10 Å². The highest BCUT2D eigenvalue weighted by Crippen LogP contribution is 2.38. The molecular formula is C18H21N5O3S. The first-order valence-corrected chi connectivity index (χ1v) is 9.20. The minimum atomic E-state index is -2.21. The minimum Gasteiger partial charge on any atom is -0.463 e. The van der Waals surface area contributed by atoms with Crippen molar-refractivity contribution in [2.75, 3.05) is 18.1 Å². The molecule has 3 rings (SSSR count). The number of hydrogen-bond donors (Lipinski definition) is 3. The number of ether oxygens (including phenoxy) is 1. The lowest BCUT2D eigenvalue weighted by Gasteiger charge is -2.24. The largest absolute Gasteiger partial charge is 0.463 e. The summed E-state index contributed by atoms with van der Waals surface area (Å²) in [4.78, 5) is 16.8. The second-order valence-electron chi connectivity index (χ2n) is 6.09. The Hall–Kier alpha value is -2.91. The average molecular weight is 387 g/mol. The molecule has 0 bridgehead atoms. The molecule has 1 aromatic carbocycles. The van der Waals surface area contributed by atoms with Crippen molar-refractivity contribution in [3.05, 3.63) is 52.2 Å². The zero-order chi connectivity index (χ0) is 19.8. The van der Waals surface area contributed by atoms with E-state index in [1.54, 1.807) is 13.8 Å². The number of aromatic nitrogens is 3. The lowest BCUT2D eigenvalue weighted by Crippen LogP contribution is -2.40. The number of carbonyl (C=O) groups is 1. The molecule has 0 aliphatic heterocycles. The molecule has 0 saturated carbocycles. The number of nitrogens with two attached hydrogens (primary N) is 2. The normalized spacial score (nSPS) is 13.3. The van der Waals surface area contributed by atoms with Crippen molar-refractivity contribution < 1.29 is 14.6 Å². The second-order valence-corrected chi connectivity index (χ2v) is 6.98. The van der Waals surface area contributed by atoms with Crippen molar-refractivity contribution in [3.8, 4) is 5.69 Å². The molecule has 1 unspecified atom stereocenters. The van der Waals surface area contributed by atoms with Gasteiger partial charge in [-0.15, -0.1) is 11.3 Å². The van der Waals surface area contributed by atoms with E-state index in [2.05, 4.69) is 10.1 Å². The molecule has 0 saturated heterocycles. The van der Waals surface area contributed by atoms with Gasteiger partial charge in [0.1, 0.15) is 11.5 Å². The molecule has 0 aliphatic carbocycles. The number of nitrogens with zero attached hydrogens (tertiary/aromatic N) is 3. The van der Waals surface area contributed by atoms with E-state index in [1.165, 1.54) is 10.1 Å². The van der Waals surface area contributed by atoms with Gasteiger partial charge in [0.15, 0.2) is 5.13 Å². The van der Waals surface area contributed by atoms with Gasteiger partial charge in [-0.3, -0.25) is 0 Å². The van der Waals surface area contributed by atoms with Gasteiger partial charge in [-0.05, 0) is 32.9 Å². The van der Waals surface area contributed by atoms with Crippen molar-refractivity contribution in [2.24, 2.45) is 0 Å². The molecular weight excluding hydrogens is 366 g/mol. The highest BCUT2D eigenvalue weighted by Gasteiger charge is 2.48. The molecule has 0 amide bonds. The molecule has 2 aromatic heterocycles. The summed E-state index contributed by atoms with van der Waals surface area (Å²) < 4.78 is 6.58. The van der Waals surface area contributed by atoms with Crippen LogP contribution >= 0.6 is 11.3 Å². The first kappa shape index (κ1) is 18.9. The number of esters is 1. The van der Waals surface area contributed by atoms with E-state index in [4.69, 9.17) is 16.2 Å². The van der Waals surface area contributed by atoms with E-state index in [9.17, 15) is 9.90 Å². The van der Waals surface area contributed by atoms with Crippen molar-refractivity contribution in [2.45, 2.75) is 26.4 Å². The topological polar surface area (TPSA) is 129 Å². The summed E-state index contributed by atoms with van der Waals surface area (Å²) >= 11 is 1.11. The fourth-order valence-electron chi connectivity index (χ4n) is 2.90. The van der Waals surface area contributed by atoms with Crippen molar-refractivity contribution in [3.63, 3.8) is 0 Å². The molecule has 2 heterocycles. The molecule has 0 spiro atoms. The van der Waals surface area contributed by atoms with Crippen LogP contribution in [0.4, 0.5) is 10.9 Å². The molecule has 27 heavy (non-hydrogen) atoms. The number of aliphatic hydroxyl groups is 1. The molecule has 0 fully saturated rings. The van der Waals surface area contributed by atoms with Crippen LogP contribution in [0.25, 0.3) is 5.69 Å². The zero-order valence-electron chi connectivity index (χ0n) is 15.3. The summed E-state index contributed by atoms with van der Waals surface area (Å²) in [5, 5.41) is 17.6. The van der Waals surface area contributed by atoms with E-state index < -0.39 is 11.6 Å². The van der Waals surface area contributed by atoms with E-state index in [-0.39, 0.29) is 28.8 Å². The van der Waals surface area contributed by atoms with Crippen LogP contribution in [0.1, 0.15) is 29.4 Å². The maximum absolute atomic E-state index is 12.7. The van der Waals surface area contributed by atoms with Crippen LogP contribution in [0.3, 0.4) is 0 Å². The van der Waals surface area contributed by atoms with E-state index >= 15 is 0 Å². The Morgan fingerprint density at radius 2 is 1.96 bits per heavy atom. The Morgan fingerprint density at radius 3 is 2.52 bits per heavy atom. The Balaban J connectivity index is 2.21. The number of anilines is 2. The lowest BCUT2D eigenvalue weighted by molar-refractivity contribution is -0.161. The third-order valence-electron chi connectivity index (χ3n) is 4.20. The molecule has 1 atom stereocenters. The van der Waals surface area contributed by atoms with Crippen LogP contribution in [0.2, 0.25) is 0 Å². The lowest BCUT2D eigenvalue weighted by atomic mass is 9.90. The number of carbonyl (C=O) groups excluding carboxylic acids is 1. The third kappa shape index (κ3) is 3.15. The summed E-state index contributed by atoms with van der Waals surface area (Å²) in [5.41, 5.74) is 12.2. The monoisotopic (exact) mass is 387 g/mol. The standard InChI is InChI=1S/C18H21N5O3S/c1-4-26-16(24)18(25,13-9-27-17(20)21-13)14-11(3)22-23(15(14)19)12-7-5-10(2)6-8-12/h5-9,25H,4,19H2,1-3H3,(H2,20,21). The predicted octanol–water partition coefficient (Wildman–Crippen LogP) is 1.91. The average Bonchev–Trinajstić information content (AvgIpc) is 3.19. The first-order chi connectivity index (χ1) is 12.8. The SMILES string of the molecule is CCOC(=O)C(O)(c1csc(N)n1)c1c(C)nn(-c2ccc(C)cc2)c1N. The molecule has 142 valence electrons. The highest BCUT2D eigenvalue weighted by molar-refractivity contribution is 7.13. The fourth-order valence-corrected chi connectivity index (χ4v) is 3.51. The molecule has 8 nitrogen and oxygen atoms in total. The van der Waals surface area contributed by atoms with Crippen LogP contribution in [0.15, 0.2) is 29.6 Å². The maximum atomic E-state index is 12.7. The Kier molecular flexibility index (Phi) is 4.90. The smallest absolute Gasteiger partial charge is 0.349 e. The molecule has 0 radical (unpaired) electrons. The Bertz CT molecular complexity index is 980. The van der Waals surface area contributed by atoms with Crippen molar-refractivity contribution in [1.82, 2.24) is 14.8 Å². The summed E-state index contributed by atoms with van der Waals surface area (Å²) in [6.07, 6.45) is 0. The fraction of sp³-hybridized carbons (Fsp3) is 0.278. The van der Waals surface area contributed by atoms with Gasteiger partial charge in [0.05, 0.1) is 23.6 Å². The summed E-state index contributed by atoms with van der Waals surface area (Å²) in [5.74, 6) is -0.757.